The van der Waals surface area contributed by atoms with E-state index in [0.29, 0.717) is 12.0 Å². The van der Waals surface area contributed by atoms with E-state index in [-0.39, 0.29) is 12.4 Å². The van der Waals surface area contributed by atoms with E-state index in [1.807, 2.05) is 0 Å². The van der Waals surface area contributed by atoms with Crippen LogP contribution in [0.2, 0.25) is 0 Å². The highest BCUT2D eigenvalue weighted by Gasteiger charge is 2.39. The molecule has 0 radical (unpaired) electrons. The van der Waals surface area contributed by atoms with Gasteiger partial charge in [-0.1, -0.05) is 18.2 Å². The third kappa shape index (κ3) is 4.57. The third-order valence-electron chi connectivity index (χ3n) is 3.53. The Morgan fingerprint density at radius 1 is 1.33 bits per heavy atom. The van der Waals surface area contributed by atoms with Gasteiger partial charge < -0.3 is 9.47 Å². The van der Waals surface area contributed by atoms with Gasteiger partial charge in [-0.25, -0.2) is 14.0 Å². The topological polar surface area (TPSA) is 55.8 Å². The molecule has 130 valence electrons. The van der Waals surface area contributed by atoms with Crippen molar-refractivity contribution in [2.75, 3.05) is 13.7 Å². The molecule has 0 unspecified atom stereocenters. The molecule has 1 aromatic carbocycles. The van der Waals surface area contributed by atoms with Gasteiger partial charge in [-0.2, -0.15) is 0 Å². The molecule has 0 aliphatic carbocycles. The minimum atomic E-state index is -0.732. The van der Waals surface area contributed by atoms with Crippen LogP contribution < -0.4 is 0 Å². The predicted molar refractivity (Wildman–Crippen MR) is 87.7 cm³/mol. The Hall–Kier alpha value is -2.37. The van der Waals surface area contributed by atoms with Gasteiger partial charge in [-0.3, -0.25) is 4.90 Å². The first-order chi connectivity index (χ1) is 11.2. The summed E-state index contributed by atoms with van der Waals surface area (Å²) >= 11 is 0. The van der Waals surface area contributed by atoms with Crippen LogP contribution in [-0.2, 0) is 14.3 Å². The standard InChI is InChI=1S/C18H22FNO4/c1-18(2,3)24-17(22)20-11-13(10-15(20)16(21)23-4)8-12-6-5-7-14(19)9-12/h5-9,15H,10-11H2,1-4H3/b13-8+/t15-/m0/s1. The van der Waals surface area contributed by atoms with Crippen LogP contribution in [0.4, 0.5) is 9.18 Å². The molecule has 1 atom stereocenters. The molecule has 1 heterocycles. The zero-order chi connectivity index (χ0) is 17.9. The number of methoxy groups -OCH3 is 1. The molecule has 0 spiro atoms. The summed E-state index contributed by atoms with van der Waals surface area (Å²) in [7, 11) is 1.28. The Morgan fingerprint density at radius 2 is 2.04 bits per heavy atom. The van der Waals surface area contributed by atoms with Gasteiger partial charge in [0.25, 0.3) is 0 Å². The number of nitrogens with zero attached hydrogens (tertiary/aromatic N) is 1. The average molecular weight is 335 g/mol. The van der Waals surface area contributed by atoms with Crippen molar-refractivity contribution in [3.63, 3.8) is 0 Å². The quantitative estimate of drug-likeness (QED) is 0.778. The second kappa shape index (κ2) is 7.03. The third-order valence-corrected chi connectivity index (χ3v) is 3.53. The Bertz CT molecular complexity index is 663. The van der Waals surface area contributed by atoms with Gasteiger partial charge in [0.2, 0.25) is 0 Å². The van der Waals surface area contributed by atoms with Crippen molar-refractivity contribution in [1.29, 1.82) is 0 Å². The Kier molecular flexibility index (Phi) is 5.26. The summed E-state index contributed by atoms with van der Waals surface area (Å²) < 4.78 is 23.4. The monoisotopic (exact) mass is 335 g/mol. The van der Waals surface area contributed by atoms with Crippen molar-refractivity contribution in [3.8, 4) is 0 Å². The molecule has 24 heavy (non-hydrogen) atoms. The fourth-order valence-electron chi connectivity index (χ4n) is 2.55. The highest BCUT2D eigenvalue weighted by atomic mass is 19.1. The molecule has 0 N–H and O–H groups in total. The number of carbonyl (C=O) groups excluding carboxylic acids is 2. The van der Waals surface area contributed by atoms with Gasteiger partial charge in [-0.15, -0.1) is 0 Å². The second-order valence-corrected chi connectivity index (χ2v) is 6.71. The molecule has 6 heteroatoms. The van der Waals surface area contributed by atoms with E-state index in [2.05, 4.69) is 0 Å². The molecular formula is C18H22FNO4. The minimum absolute atomic E-state index is 0.241. The number of carbonyl (C=O) groups is 2. The van der Waals surface area contributed by atoms with E-state index in [4.69, 9.17) is 9.47 Å². The number of hydrogen-bond acceptors (Lipinski definition) is 4. The molecule has 0 saturated carbocycles. The van der Waals surface area contributed by atoms with Crippen molar-refractivity contribution in [3.05, 3.63) is 41.2 Å². The molecule has 1 aromatic rings. The SMILES string of the molecule is COC(=O)[C@@H]1C/C(=C\c2cccc(F)c2)CN1C(=O)OC(C)(C)C. The Morgan fingerprint density at radius 3 is 2.62 bits per heavy atom. The molecule has 1 aliphatic heterocycles. The summed E-state index contributed by atoms with van der Waals surface area (Å²) in [6.07, 6.45) is 1.55. The summed E-state index contributed by atoms with van der Waals surface area (Å²) in [6, 6.07) is 5.40. The van der Waals surface area contributed by atoms with Gasteiger partial charge >= 0.3 is 12.1 Å². The zero-order valence-corrected chi connectivity index (χ0v) is 14.3. The highest BCUT2D eigenvalue weighted by Crippen LogP contribution is 2.27. The van der Waals surface area contributed by atoms with Crippen LogP contribution in [0.25, 0.3) is 6.08 Å². The number of esters is 1. The first-order valence-corrected chi connectivity index (χ1v) is 7.72. The first kappa shape index (κ1) is 18.0. The molecule has 1 fully saturated rings. The summed E-state index contributed by atoms with van der Waals surface area (Å²) in [5, 5.41) is 0. The van der Waals surface area contributed by atoms with Gasteiger partial charge in [0.15, 0.2) is 0 Å². The van der Waals surface area contributed by atoms with Crippen molar-refractivity contribution in [2.24, 2.45) is 0 Å². The summed E-state index contributed by atoms with van der Waals surface area (Å²) in [5.41, 5.74) is 0.855. The second-order valence-electron chi connectivity index (χ2n) is 6.71. The lowest BCUT2D eigenvalue weighted by Crippen LogP contribution is -2.43. The van der Waals surface area contributed by atoms with E-state index in [1.54, 1.807) is 39.0 Å². The minimum Gasteiger partial charge on any atom is -0.467 e. The fourth-order valence-corrected chi connectivity index (χ4v) is 2.55. The van der Waals surface area contributed by atoms with Gasteiger partial charge in [0, 0.05) is 13.0 Å². The van der Waals surface area contributed by atoms with Crippen LogP contribution in [0.1, 0.15) is 32.8 Å². The lowest BCUT2D eigenvalue weighted by molar-refractivity contribution is -0.145. The molecule has 5 nitrogen and oxygen atoms in total. The van der Waals surface area contributed by atoms with E-state index in [0.717, 1.165) is 5.57 Å². The van der Waals surface area contributed by atoms with Crippen LogP contribution in [0, 0.1) is 5.82 Å². The smallest absolute Gasteiger partial charge is 0.411 e. The largest absolute Gasteiger partial charge is 0.467 e. The van der Waals surface area contributed by atoms with E-state index >= 15 is 0 Å². The average Bonchev–Trinajstić information content (AvgIpc) is 2.88. The molecule has 0 bridgehead atoms. The Balaban J connectivity index is 2.23. The molecular weight excluding hydrogens is 313 g/mol. The normalized spacial score (nSPS) is 19.5. The maximum absolute atomic E-state index is 13.3. The van der Waals surface area contributed by atoms with Gasteiger partial charge in [0.05, 0.1) is 7.11 Å². The Labute approximate surface area is 141 Å². The highest BCUT2D eigenvalue weighted by molar-refractivity contribution is 5.84. The van der Waals surface area contributed by atoms with Crippen LogP contribution in [0.15, 0.2) is 29.8 Å². The summed E-state index contributed by atoms with van der Waals surface area (Å²) in [4.78, 5) is 25.7. The van der Waals surface area contributed by atoms with E-state index in [1.165, 1.54) is 24.1 Å². The number of likely N-dealkylation sites (tertiary alicyclic amines) is 1. The first-order valence-electron chi connectivity index (χ1n) is 7.72. The molecule has 1 aliphatic rings. The van der Waals surface area contributed by atoms with Crippen molar-refractivity contribution in [1.82, 2.24) is 4.90 Å². The van der Waals surface area contributed by atoms with E-state index in [9.17, 15) is 14.0 Å². The number of ether oxygens (including phenoxy) is 2. The number of hydrogen-bond donors (Lipinski definition) is 0. The van der Waals surface area contributed by atoms with Crippen LogP contribution in [-0.4, -0.2) is 42.3 Å². The predicted octanol–water partition coefficient (Wildman–Crippen LogP) is 3.39. The van der Waals surface area contributed by atoms with E-state index < -0.39 is 23.7 Å². The number of rotatable bonds is 2. The van der Waals surface area contributed by atoms with Gasteiger partial charge in [0.1, 0.15) is 17.5 Å². The van der Waals surface area contributed by atoms with Crippen molar-refractivity contribution < 1.29 is 23.5 Å². The number of amides is 1. The van der Waals surface area contributed by atoms with Crippen LogP contribution >= 0.6 is 0 Å². The van der Waals surface area contributed by atoms with Crippen molar-refractivity contribution in [2.45, 2.75) is 38.8 Å². The number of halogens is 1. The fraction of sp³-hybridized carbons (Fsp3) is 0.444. The molecule has 2 rings (SSSR count). The lowest BCUT2D eigenvalue weighted by Gasteiger charge is -2.27. The zero-order valence-electron chi connectivity index (χ0n) is 14.3. The molecule has 1 amide bonds. The lowest BCUT2D eigenvalue weighted by atomic mass is 10.1. The van der Waals surface area contributed by atoms with Gasteiger partial charge in [-0.05, 0) is 44.0 Å². The maximum atomic E-state index is 13.3. The number of benzene rings is 1. The van der Waals surface area contributed by atoms with Crippen LogP contribution in [0.3, 0.4) is 0 Å². The maximum Gasteiger partial charge on any atom is 0.411 e. The summed E-state index contributed by atoms with van der Waals surface area (Å²) in [5.74, 6) is -0.834. The van der Waals surface area contributed by atoms with Crippen molar-refractivity contribution >= 4 is 18.1 Å². The molecule has 0 aromatic heterocycles. The summed E-state index contributed by atoms with van der Waals surface area (Å²) in [6.45, 7) is 5.53. The van der Waals surface area contributed by atoms with Crippen LogP contribution in [0.5, 0.6) is 0 Å². The molecule has 1 saturated heterocycles.